The summed E-state index contributed by atoms with van der Waals surface area (Å²) in [5, 5.41) is 2.58. The SMILES string of the molecule is Cc1ccc(N2C(=O)CNC(=O)C2C)c(C)c1. The molecule has 1 N–H and O–H groups in total. The van der Waals surface area contributed by atoms with Gasteiger partial charge in [0.05, 0.1) is 6.54 Å². The predicted molar refractivity (Wildman–Crippen MR) is 65.9 cm³/mol. The normalized spacial score (nSPS) is 20.4. The van der Waals surface area contributed by atoms with Crippen LogP contribution in [0.15, 0.2) is 18.2 Å². The molecular formula is C13H16N2O2. The molecule has 1 aliphatic heterocycles. The molecule has 1 atom stereocenters. The van der Waals surface area contributed by atoms with Crippen LogP contribution < -0.4 is 10.2 Å². The average Bonchev–Trinajstić information content (AvgIpc) is 2.27. The van der Waals surface area contributed by atoms with Crippen molar-refractivity contribution in [2.24, 2.45) is 0 Å². The minimum absolute atomic E-state index is 0.0657. The maximum Gasteiger partial charge on any atom is 0.247 e. The molecule has 0 aromatic heterocycles. The average molecular weight is 232 g/mol. The van der Waals surface area contributed by atoms with Gasteiger partial charge >= 0.3 is 0 Å². The lowest BCUT2D eigenvalue weighted by Gasteiger charge is -2.33. The van der Waals surface area contributed by atoms with Crippen LogP contribution in [0.4, 0.5) is 5.69 Å². The molecule has 2 rings (SSSR count). The highest BCUT2D eigenvalue weighted by Gasteiger charge is 2.32. The second kappa shape index (κ2) is 4.20. The molecule has 4 heteroatoms. The largest absolute Gasteiger partial charge is 0.345 e. The molecule has 0 spiro atoms. The highest BCUT2D eigenvalue weighted by molar-refractivity contribution is 6.06. The Hall–Kier alpha value is -1.84. The van der Waals surface area contributed by atoms with Crippen LogP contribution in [0.3, 0.4) is 0 Å². The zero-order valence-electron chi connectivity index (χ0n) is 10.3. The van der Waals surface area contributed by atoms with Crippen LogP contribution in [-0.4, -0.2) is 24.4 Å². The maximum absolute atomic E-state index is 11.9. The van der Waals surface area contributed by atoms with Gasteiger partial charge in [-0.05, 0) is 32.4 Å². The molecule has 1 aliphatic rings. The van der Waals surface area contributed by atoms with E-state index in [1.165, 1.54) is 0 Å². The fourth-order valence-electron chi connectivity index (χ4n) is 2.15. The van der Waals surface area contributed by atoms with E-state index in [-0.39, 0.29) is 18.4 Å². The molecule has 1 saturated heterocycles. The fourth-order valence-corrected chi connectivity index (χ4v) is 2.15. The van der Waals surface area contributed by atoms with Gasteiger partial charge in [0.25, 0.3) is 0 Å². The summed E-state index contributed by atoms with van der Waals surface area (Å²) in [7, 11) is 0. The van der Waals surface area contributed by atoms with Gasteiger partial charge in [-0.25, -0.2) is 0 Å². The van der Waals surface area contributed by atoms with Gasteiger partial charge < -0.3 is 5.32 Å². The van der Waals surface area contributed by atoms with E-state index >= 15 is 0 Å². The van der Waals surface area contributed by atoms with Gasteiger partial charge in [0.2, 0.25) is 11.8 Å². The van der Waals surface area contributed by atoms with Gasteiger partial charge in [-0.2, -0.15) is 0 Å². The minimum atomic E-state index is -0.447. The molecule has 0 saturated carbocycles. The summed E-state index contributed by atoms with van der Waals surface area (Å²) in [6, 6.07) is 5.42. The Kier molecular flexibility index (Phi) is 2.88. The molecule has 1 heterocycles. The van der Waals surface area contributed by atoms with E-state index in [9.17, 15) is 9.59 Å². The Morgan fingerprint density at radius 1 is 1.29 bits per heavy atom. The number of hydrogen-bond acceptors (Lipinski definition) is 2. The number of amides is 2. The van der Waals surface area contributed by atoms with Crippen LogP contribution in [-0.2, 0) is 9.59 Å². The predicted octanol–water partition coefficient (Wildman–Crippen LogP) is 1.15. The third kappa shape index (κ3) is 2.02. The van der Waals surface area contributed by atoms with Crippen LogP contribution in [0.2, 0.25) is 0 Å². The Morgan fingerprint density at radius 3 is 2.65 bits per heavy atom. The lowest BCUT2D eigenvalue weighted by atomic mass is 10.1. The van der Waals surface area contributed by atoms with Crippen LogP contribution in [0.5, 0.6) is 0 Å². The molecule has 1 aromatic rings. The molecule has 1 fully saturated rings. The van der Waals surface area contributed by atoms with Gasteiger partial charge in [0.15, 0.2) is 0 Å². The van der Waals surface area contributed by atoms with E-state index in [0.717, 1.165) is 16.8 Å². The summed E-state index contributed by atoms with van der Waals surface area (Å²) in [5.41, 5.74) is 2.98. The summed E-state index contributed by atoms with van der Waals surface area (Å²) in [6.45, 7) is 5.78. The first-order valence-electron chi connectivity index (χ1n) is 5.67. The zero-order valence-corrected chi connectivity index (χ0v) is 10.3. The first-order valence-corrected chi connectivity index (χ1v) is 5.67. The Bertz CT molecular complexity index is 482. The fraction of sp³-hybridized carbons (Fsp3) is 0.385. The number of nitrogens with zero attached hydrogens (tertiary/aromatic N) is 1. The van der Waals surface area contributed by atoms with Crippen molar-refractivity contribution in [1.82, 2.24) is 5.32 Å². The number of piperazine rings is 1. The second-order valence-electron chi connectivity index (χ2n) is 4.45. The van der Waals surface area contributed by atoms with Gasteiger partial charge in [0.1, 0.15) is 6.04 Å². The van der Waals surface area contributed by atoms with Crippen molar-refractivity contribution in [1.29, 1.82) is 0 Å². The van der Waals surface area contributed by atoms with Crippen molar-refractivity contribution in [2.45, 2.75) is 26.8 Å². The van der Waals surface area contributed by atoms with Crippen molar-refractivity contribution in [3.63, 3.8) is 0 Å². The third-order valence-electron chi connectivity index (χ3n) is 3.06. The van der Waals surface area contributed by atoms with E-state index in [1.54, 1.807) is 11.8 Å². The van der Waals surface area contributed by atoms with Gasteiger partial charge in [-0.3, -0.25) is 14.5 Å². The number of aryl methyl sites for hydroxylation is 2. The highest BCUT2D eigenvalue weighted by atomic mass is 16.2. The molecule has 1 unspecified atom stereocenters. The third-order valence-corrected chi connectivity index (χ3v) is 3.06. The van der Waals surface area contributed by atoms with Crippen molar-refractivity contribution in [2.75, 3.05) is 11.4 Å². The van der Waals surface area contributed by atoms with E-state index < -0.39 is 6.04 Å². The topological polar surface area (TPSA) is 49.4 Å². The quantitative estimate of drug-likeness (QED) is 0.789. The number of benzene rings is 1. The Morgan fingerprint density at radius 2 is 2.00 bits per heavy atom. The first kappa shape index (κ1) is 11.6. The van der Waals surface area contributed by atoms with Gasteiger partial charge in [0, 0.05) is 5.69 Å². The van der Waals surface area contributed by atoms with Gasteiger partial charge in [-0.15, -0.1) is 0 Å². The van der Waals surface area contributed by atoms with Crippen molar-refractivity contribution in [3.8, 4) is 0 Å². The van der Waals surface area contributed by atoms with Crippen molar-refractivity contribution >= 4 is 17.5 Å². The molecule has 0 radical (unpaired) electrons. The lowest BCUT2D eigenvalue weighted by Crippen LogP contribution is -2.57. The van der Waals surface area contributed by atoms with Crippen LogP contribution >= 0.6 is 0 Å². The molecule has 1 aromatic carbocycles. The number of hydrogen-bond donors (Lipinski definition) is 1. The number of carbonyl (C=O) groups is 2. The molecule has 17 heavy (non-hydrogen) atoms. The standard InChI is InChI=1S/C13H16N2O2/c1-8-4-5-11(9(2)6-8)15-10(3)13(17)14-7-12(15)16/h4-6,10H,7H2,1-3H3,(H,14,17). The number of rotatable bonds is 1. The van der Waals surface area contributed by atoms with Crippen LogP contribution in [0, 0.1) is 13.8 Å². The highest BCUT2D eigenvalue weighted by Crippen LogP contribution is 2.24. The van der Waals surface area contributed by atoms with Crippen LogP contribution in [0.1, 0.15) is 18.1 Å². The van der Waals surface area contributed by atoms with E-state index in [4.69, 9.17) is 0 Å². The van der Waals surface area contributed by atoms with E-state index in [1.807, 2.05) is 32.0 Å². The summed E-state index contributed by atoms with van der Waals surface area (Å²) in [4.78, 5) is 25.1. The summed E-state index contributed by atoms with van der Waals surface area (Å²) in [6.07, 6.45) is 0. The van der Waals surface area contributed by atoms with Crippen molar-refractivity contribution in [3.05, 3.63) is 29.3 Å². The molecule has 90 valence electrons. The van der Waals surface area contributed by atoms with Crippen molar-refractivity contribution < 1.29 is 9.59 Å². The summed E-state index contributed by atoms with van der Waals surface area (Å²) in [5.74, 6) is -0.173. The molecule has 0 bridgehead atoms. The number of carbonyl (C=O) groups excluding carboxylic acids is 2. The Balaban J connectivity index is 2.43. The minimum Gasteiger partial charge on any atom is -0.345 e. The van der Waals surface area contributed by atoms with E-state index in [2.05, 4.69) is 5.32 Å². The smallest absolute Gasteiger partial charge is 0.247 e. The number of nitrogens with one attached hydrogen (secondary N) is 1. The first-order chi connectivity index (χ1) is 8.00. The maximum atomic E-state index is 11.9. The monoisotopic (exact) mass is 232 g/mol. The molecular weight excluding hydrogens is 216 g/mol. The zero-order chi connectivity index (χ0) is 12.6. The molecule has 4 nitrogen and oxygen atoms in total. The van der Waals surface area contributed by atoms with E-state index in [0.29, 0.717) is 0 Å². The lowest BCUT2D eigenvalue weighted by molar-refractivity contribution is -0.130. The van der Waals surface area contributed by atoms with Gasteiger partial charge in [-0.1, -0.05) is 17.7 Å². The summed E-state index contributed by atoms with van der Waals surface area (Å²) >= 11 is 0. The number of anilines is 1. The molecule has 2 amide bonds. The second-order valence-corrected chi connectivity index (χ2v) is 4.45. The van der Waals surface area contributed by atoms with Crippen LogP contribution in [0.25, 0.3) is 0 Å². The Labute approximate surface area is 101 Å². The summed E-state index contributed by atoms with van der Waals surface area (Å²) < 4.78 is 0. The molecule has 0 aliphatic carbocycles.